The summed E-state index contributed by atoms with van der Waals surface area (Å²) >= 11 is 0. The molecule has 132 valence electrons. The van der Waals surface area contributed by atoms with Gasteiger partial charge in [0.05, 0.1) is 0 Å². The summed E-state index contributed by atoms with van der Waals surface area (Å²) in [6.45, 7) is 7.42. The molecule has 2 heteroatoms. The summed E-state index contributed by atoms with van der Waals surface area (Å²) in [7, 11) is 0. The molecule has 4 aliphatic rings. The quantitative estimate of drug-likeness (QED) is 0.570. The van der Waals surface area contributed by atoms with Gasteiger partial charge >= 0.3 is 0 Å². The monoisotopic (exact) mass is 318 g/mol. The van der Waals surface area contributed by atoms with Gasteiger partial charge in [0, 0.05) is 6.04 Å². The number of nitrogens with two attached hydrogens (primary N) is 1. The average Bonchev–Trinajstić information content (AvgIpc) is 2.90. The van der Waals surface area contributed by atoms with E-state index in [2.05, 4.69) is 26.2 Å². The number of nitrogens with one attached hydrogen (secondary N) is 1. The molecule has 4 rings (SSSR count). The second kappa shape index (κ2) is 6.02. The van der Waals surface area contributed by atoms with Crippen molar-refractivity contribution >= 4 is 0 Å². The lowest BCUT2D eigenvalue weighted by molar-refractivity contribution is -0.0702. The largest absolute Gasteiger partial charge is 0.271 e. The fourth-order valence-corrected chi connectivity index (χ4v) is 8.07. The maximum atomic E-state index is 5.81. The first-order chi connectivity index (χ1) is 11.0. The summed E-state index contributed by atoms with van der Waals surface area (Å²) in [6.07, 6.45) is 13.5. The molecule has 0 amide bonds. The molecule has 0 bridgehead atoms. The Morgan fingerprint density at radius 3 is 2.52 bits per heavy atom. The molecule has 0 aromatic heterocycles. The van der Waals surface area contributed by atoms with Gasteiger partial charge in [0.2, 0.25) is 0 Å². The van der Waals surface area contributed by atoms with E-state index >= 15 is 0 Å². The summed E-state index contributed by atoms with van der Waals surface area (Å²) in [5, 5.41) is 0. The topological polar surface area (TPSA) is 38.0 Å². The van der Waals surface area contributed by atoms with Crippen LogP contribution in [0.25, 0.3) is 0 Å². The first kappa shape index (κ1) is 16.4. The first-order valence-electron chi connectivity index (χ1n) is 10.5. The normalized spacial score (nSPS) is 54.0. The average molecular weight is 319 g/mol. The van der Waals surface area contributed by atoms with Gasteiger partial charge in [0.1, 0.15) is 0 Å². The Hall–Kier alpha value is -0.0800. The molecule has 4 fully saturated rings. The highest BCUT2D eigenvalue weighted by Crippen LogP contribution is 2.64. The molecule has 3 N–H and O–H groups in total. The Balaban J connectivity index is 1.54. The molecule has 23 heavy (non-hydrogen) atoms. The van der Waals surface area contributed by atoms with Crippen molar-refractivity contribution in [2.24, 2.45) is 52.7 Å². The Morgan fingerprint density at radius 1 is 0.957 bits per heavy atom. The fourth-order valence-electron chi connectivity index (χ4n) is 8.07. The lowest BCUT2D eigenvalue weighted by Crippen LogP contribution is -2.51. The van der Waals surface area contributed by atoms with Crippen LogP contribution < -0.4 is 11.3 Å². The number of hydrogen-bond acceptors (Lipinski definition) is 2. The lowest BCUT2D eigenvalue weighted by Gasteiger charge is -2.56. The molecule has 0 saturated heterocycles. The minimum Gasteiger partial charge on any atom is -0.271 e. The molecular formula is C21H38N2. The fraction of sp³-hybridized carbons (Fsp3) is 1.00. The van der Waals surface area contributed by atoms with Crippen LogP contribution in [0.1, 0.15) is 78.6 Å². The van der Waals surface area contributed by atoms with E-state index in [1.165, 1.54) is 51.4 Å². The van der Waals surface area contributed by atoms with E-state index in [9.17, 15) is 0 Å². The van der Waals surface area contributed by atoms with E-state index in [-0.39, 0.29) is 0 Å². The molecule has 0 radical (unpaired) electrons. The molecular weight excluding hydrogens is 280 g/mol. The zero-order valence-corrected chi connectivity index (χ0v) is 15.6. The zero-order chi connectivity index (χ0) is 16.2. The minimum atomic E-state index is 0.480. The molecule has 9 atom stereocenters. The van der Waals surface area contributed by atoms with Crippen LogP contribution in [0.5, 0.6) is 0 Å². The molecule has 0 heterocycles. The number of hydrazine groups is 1. The van der Waals surface area contributed by atoms with Gasteiger partial charge in [-0.3, -0.25) is 11.3 Å². The van der Waals surface area contributed by atoms with Gasteiger partial charge in [-0.15, -0.1) is 0 Å². The maximum absolute atomic E-state index is 5.81. The highest BCUT2D eigenvalue weighted by molar-refractivity contribution is 5.07. The summed E-state index contributed by atoms with van der Waals surface area (Å²) in [5.74, 6) is 12.9. The molecule has 0 spiro atoms. The van der Waals surface area contributed by atoms with Crippen LogP contribution in [-0.2, 0) is 0 Å². The third-order valence-electron chi connectivity index (χ3n) is 9.16. The van der Waals surface area contributed by atoms with E-state index in [4.69, 9.17) is 5.84 Å². The predicted octanol–water partition coefficient (Wildman–Crippen LogP) is 4.74. The number of rotatable bonds is 2. The van der Waals surface area contributed by atoms with Gasteiger partial charge in [-0.25, -0.2) is 0 Å². The third kappa shape index (κ3) is 2.51. The zero-order valence-electron chi connectivity index (χ0n) is 15.6. The van der Waals surface area contributed by atoms with Gasteiger partial charge in [0.25, 0.3) is 0 Å². The van der Waals surface area contributed by atoms with Crippen LogP contribution >= 0.6 is 0 Å². The van der Waals surface area contributed by atoms with Crippen molar-refractivity contribution < 1.29 is 0 Å². The lowest BCUT2D eigenvalue weighted by atomic mass is 9.49. The van der Waals surface area contributed by atoms with Crippen molar-refractivity contribution in [1.82, 2.24) is 5.43 Å². The van der Waals surface area contributed by atoms with Crippen LogP contribution in [0.2, 0.25) is 0 Å². The highest BCUT2D eigenvalue weighted by Gasteiger charge is 2.57. The molecule has 9 unspecified atom stereocenters. The summed E-state index contributed by atoms with van der Waals surface area (Å²) in [4.78, 5) is 0. The van der Waals surface area contributed by atoms with E-state index in [0.717, 1.165) is 41.4 Å². The van der Waals surface area contributed by atoms with Crippen LogP contribution in [0, 0.1) is 46.8 Å². The first-order valence-corrected chi connectivity index (χ1v) is 10.5. The maximum Gasteiger partial charge on any atom is 0.0215 e. The Bertz CT molecular complexity index is 436. The van der Waals surface area contributed by atoms with Crippen molar-refractivity contribution in [1.29, 1.82) is 0 Å². The van der Waals surface area contributed by atoms with E-state index < -0.39 is 0 Å². The third-order valence-corrected chi connectivity index (χ3v) is 9.16. The second-order valence-corrected chi connectivity index (χ2v) is 10.0. The van der Waals surface area contributed by atoms with Crippen molar-refractivity contribution in [2.45, 2.75) is 84.6 Å². The Labute approximate surface area is 143 Å². The summed E-state index contributed by atoms with van der Waals surface area (Å²) in [5.41, 5.74) is 3.64. The van der Waals surface area contributed by atoms with E-state index in [0.29, 0.717) is 11.5 Å². The van der Waals surface area contributed by atoms with E-state index in [1.54, 1.807) is 6.42 Å². The molecule has 0 aromatic carbocycles. The van der Waals surface area contributed by atoms with Gasteiger partial charge in [-0.1, -0.05) is 20.3 Å². The van der Waals surface area contributed by atoms with Crippen LogP contribution in [0.4, 0.5) is 0 Å². The van der Waals surface area contributed by atoms with Crippen LogP contribution in [0.15, 0.2) is 0 Å². The number of fused-ring (bicyclic) bond motifs is 5. The van der Waals surface area contributed by atoms with Crippen LogP contribution in [-0.4, -0.2) is 6.04 Å². The number of hydrogen-bond donors (Lipinski definition) is 2. The van der Waals surface area contributed by atoms with Crippen molar-refractivity contribution in [3.05, 3.63) is 0 Å². The van der Waals surface area contributed by atoms with Gasteiger partial charge in [-0.2, -0.15) is 0 Å². The molecule has 0 aromatic rings. The highest BCUT2D eigenvalue weighted by atomic mass is 15.2. The summed E-state index contributed by atoms with van der Waals surface area (Å²) < 4.78 is 0. The standard InChI is InChI=1S/C21H38N2/c1-13-4-6-16-15(12-13)5-7-18-17(16)10-11-21(3)19(14(2)23-22)8-9-20(18)21/h13-20,23H,4-12,22H2,1-3H3. The van der Waals surface area contributed by atoms with Gasteiger partial charge in [-0.05, 0) is 105 Å². The molecule has 4 saturated carbocycles. The molecule has 4 aliphatic carbocycles. The Morgan fingerprint density at radius 2 is 1.74 bits per heavy atom. The van der Waals surface area contributed by atoms with Gasteiger partial charge in [0.15, 0.2) is 0 Å². The van der Waals surface area contributed by atoms with Crippen molar-refractivity contribution in [3.63, 3.8) is 0 Å². The van der Waals surface area contributed by atoms with Crippen molar-refractivity contribution in [2.75, 3.05) is 0 Å². The molecule has 2 nitrogen and oxygen atoms in total. The van der Waals surface area contributed by atoms with Gasteiger partial charge < -0.3 is 0 Å². The molecule has 0 aliphatic heterocycles. The SMILES string of the molecule is CC1CCC2C(CCC3C2CCC2(C)C(C(C)NN)CCC32)C1. The Kier molecular flexibility index (Phi) is 4.29. The summed E-state index contributed by atoms with van der Waals surface area (Å²) in [6, 6.07) is 0.480. The predicted molar refractivity (Wildman–Crippen MR) is 96.5 cm³/mol. The van der Waals surface area contributed by atoms with Crippen LogP contribution in [0.3, 0.4) is 0 Å². The van der Waals surface area contributed by atoms with Crippen molar-refractivity contribution in [3.8, 4) is 0 Å². The second-order valence-electron chi connectivity index (χ2n) is 10.0. The minimum absolute atomic E-state index is 0.480. The van der Waals surface area contributed by atoms with E-state index in [1.807, 2.05) is 0 Å². The smallest absolute Gasteiger partial charge is 0.0215 e.